The van der Waals surface area contributed by atoms with E-state index in [4.69, 9.17) is 4.74 Å². The summed E-state index contributed by atoms with van der Waals surface area (Å²) < 4.78 is 144. The second-order valence-corrected chi connectivity index (χ2v) is 10.1. The van der Waals surface area contributed by atoms with Crippen LogP contribution in [0.15, 0.2) is 42.5 Å². The van der Waals surface area contributed by atoms with Gasteiger partial charge in [-0.05, 0) is 12.0 Å². The zero-order valence-corrected chi connectivity index (χ0v) is 18.7. The van der Waals surface area contributed by atoms with Crippen molar-refractivity contribution in [3.8, 4) is 0 Å². The van der Waals surface area contributed by atoms with Crippen molar-refractivity contribution in [3.63, 3.8) is 0 Å². The molecule has 0 fully saturated rings. The topological polar surface area (TPSA) is 133 Å². The van der Waals surface area contributed by atoms with Crippen LogP contribution in [0, 0.1) is 0 Å². The highest BCUT2D eigenvalue weighted by Gasteiger charge is 2.67. The number of alkyl halides is 7. The Morgan fingerprint density at radius 1 is 0.829 bits per heavy atom. The summed E-state index contributed by atoms with van der Waals surface area (Å²) in [6.45, 7) is -1.13. The molecule has 0 radical (unpaired) electrons. The monoisotopic (exact) mass is 559 g/mol. The van der Waals surface area contributed by atoms with Gasteiger partial charge in [0.05, 0.1) is 6.61 Å². The van der Waals surface area contributed by atoms with Crippen LogP contribution in [0.25, 0.3) is 0 Å². The summed E-state index contributed by atoms with van der Waals surface area (Å²) >= 11 is 0. The fourth-order valence-electron chi connectivity index (χ4n) is 2.01. The number of carbonyl (C=O) groups is 2. The predicted octanol–water partition coefficient (Wildman–Crippen LogP) is 2.61. The standard InChI is InChI=1S/C17H16F7NO8S2/c18-15(19,16(20,21)34(28,29)25-35(30,31)17(22,23)24)9-4-10-32-13(26)7-8-14(27)33-11-12-5-2-1-3-6-12/h1-3,5-8,25H,4,9-11H2. The van der Waals surface area contributed by atoms with Gasteiger partial charge >= 0.3 is 38.6 Å². The minimum atomic E-state index is -7.07. The molecule has 0 unspecified atom stereocenters. The molecule has 1 aromatic rings. The molecule has 0 saturated heterocycles. The average molecular weight is 559 g/mol. The highest BCUT2D eigenvalue weighted by atomic mass is 32.3. The van der Waals surface area contributed by atoms with Crippen molar-refractivity contribution in [1.29, 1.82) is 0 Å². The molecule has 0 atom stereocenters. The summed E-state index contributed by atoms with van der Waals surface area (Å²) in [4.78, 5) is 22.9. The number of esters is 2. The second kappa shape index (κ2) is 11.3. The zero-order valence-electron chi connectivity index (χ0n) is 17.1. The molecular formula is C17H16F7NO8S2. The van der Waals surface area contributed by atoms with Crippen LogP contribution in [0.3, 0.4) is 0 Å². The zero-order chi connectivity index (χ0) is 27.1. The molecule has 0 spiro atoms. The maximum atomic E-state index is 13.7. The number of ether oxygens (including phenoxy) is 2. The minimum Gasteiger partial charge on any atom is -0.463 e. The lowest BCUT2D eigenvalue weighted by Gasteiger charge is -2.26. The molecule has 35 heavy (non-hydrogen) atoms. The van der Waals surface area contributed by atoms with Gasteiger partial charge in [-0.3, -0.25) is 0 Å². The maximum absolute atomic E-state index is 13.7. The first-order chi connectivity index (χ1) is 15.8. The van der Waals surface area contributed by atoms with Crippen molar-refractivity contribution >= 4 is 32.0 Å². The van der Waals surface area contributed by atoms with Gasteiger partial charge in [-0.1, -0.05) is 34.5 Å². The Balaban J connectivity index is 2.58. The van der Waals surface area contributed by atoms with E-state index in [1.54, 1.807) is 30.3 Å². The van der Waals surface area contributed by atoms with Gasteiger partial charge in [0.1, 0.15) is 6.61 Å². The van der Waals surface area contributed by atoms with E-state index >= 15 is 0 Å². The van der Waals surface area contributed by atoms with Crippen molar-refractivity contribution in [3.05, 3.63) is 48.0 Å². The highest BCUT2D eigenvalue weighted by Crippen LogP contribution is 2.42. The van der Waals surface area contributed by atoms with Crippen molar-refractivity contribution in [2.45, 2.75) is 36.1 Å². The van der Waals surface area contributed by atoms with Gasteiger partial charge in [0.2, 0.25) is 0 Å². The van der Waals surface area contributed by atoms with Crippen LogP contribution in [-0.4, -0.2) is 52.1 Å². The Bertz CT molecular complexity index is 1130. The summed E-state index contributed by atoms with van der Waals surface area (Å²) in [5.41, 5.74) is -5.75. The van der Waals surface area contributed by atoms with E-state index < -0.39 is 72.2 Å². The number of nitrogens with one attached hydrogen (secondary N) is 1. The van der Waals surface area contributed by atoms with Crippen LogP contribution in [0.5, 0.6) is 0 Å². The lowest BCUT2D eigenvalue weighted by Crippen LogP contribution is -2.55. The van der Waals surface area contributed by atoms with Crippen LogP contribution in [0.1, 0.15) is 18.4 Å². The number of sulfonamides is 2. The van der Waals surface area contributed by atoms with E-state index in [-0.39, 0.29) is 6.61 Å². The van der Waals surface area contributed by atoms with Gasteiger partial charge < -0.3 is 9.47 Å². The first-order valence-electron chi connectivity index (χ1n) is 8.98. The van der Waals surface area contributed by atoms with Gasteiger partial charge in [0.15, 0.2) is 0 Å². The van der Waals surface area contributed by atoms with E-state index in [0.717, 1.165) is 0 Å². The number of halogens is 7. The molecule has 0 aliphatic rings. The summed E-state index contributed by atoms with van der Waals surface area (Å²) in [5, 5.41) is -6.29. The molecule has 0 saturated carbocycles. The largest absolute Gasteiger partial charge is 0.512 e. The molecule has 0 bridgehead atoms. The van der Waals surface area contributed by atoms with Gasteiger partial charge in [-0.15, -0.1) is 0 Å². The average Bonchev–Trinajstić information content (AvgIpc) is 2.72. The lowest BCUT2D eigenvalue weighted by molar-refractivity contribution is -0.164. The van der Waals surface area contributed by atoms with Crippen LogP contribution >= 0.6 is 0 Å². The van der Waals surface area contributed by atoms with Crippen molar-refractivity contribution in [2.75, 3.05) is 6.61 Å². The van der Waals surface area contributed by atoms with Crippen molar-refractivity contribution in [1.82, 2.24) is 4.13 Å². The fraction of sp³-hybridized carbons (Fsp3) is 0.412. The summed E-state index contributed by atoms with van der Waals surface area (Å²) in [6, 6.07) is 8.34. The molecule has 0 heterocycles. The van der Waals surface area contributed by atoms with E-state index in [1.807, 2.05) is 0 Å². The molecule has 9 nitrogen and oxygen atoms in total. The molecule has 198 valence electrons. The Hall–Kier alpha value is -2.73. The Labute approximate surface area is 194 Å². The summed E-state index contributed by atoms with van der Waals surface area (Å²) in [5.74, 6) is -7.84. The highest BCUT2D eigenvalue weighted by molar-refractivity contribution is 8.05. The van der Waals surface area contributed by atoms with Crippen LogP contribution < -0.4 is 4.13 Å². The van der Waals surface area contributed by atoms with Gasteiger partial charge in [0, 0.05) is 18.6 Å². The smallest absolute Gasteiger partial charge is 0.463 e. The second-order valence-electron chi connectivity index (χ2n) is 6.45. The SMILES string of the molecule is O=C(C=CC(=O)OCc1ccccc1)OCCCC(F)(F)C(F)(F)S(=O)(=O)NS(=O)(=O)C(F)(F)F. The van der Waals surface area contributed by atoms with Crippen molar-refractivity contribution in [2.24, 2.45) is 0 Å². The summed E-state index contributed by atoms with van der Waals surface area (Å²) in [7, 11) is -14.0. The quantitative estimate of drug-likeness (QED) is 0.179. The fourth-order valence-corrected chi connectivity index (χ4v) is 4.46. The molecule has 1 aromatic carbocycles. The van der Waals surface area contributed by atoms with Crippen LogP contribution in [0.4, 0.5) is 30.7 Å². The number of hydrogen-bond acceptors (Lipinski definition) is 8. The van der Waals surface area contributed by atoms with Crippen molar-refractivity contribution < 1.29 is 66.6 Å². The third kappa shape index (κ3) is 8.46. The van der Waals surface area contributed by atoms with E-state index in [2.05, 4.69) is 4.74 Å². The number of carbonyl (C=O) groups excluding carboxylic acids is 2. The molecule has 0 aliphatic heterocycles. The Morgan fingerprint density at radius 3 is 1.86 bits per heavy atom. The van der Waals surface area contributed by atoms with Crippen LogP contribution in [0.2, 0.25) is 0 Å². The normalized spacial score (nSPS) is 13.6. The minimum absolute atomic E-state index is 0.135. The van der Waals surface area contributed by atoms with Crippen LogP contribution in [-0.2, 0) is 45.7 Å². The molecule has 18 heteroatoms. The lowest BCUT2D eigenvalue weighted by atomic mass is 10.2. The Kier molecular flexibility index (Phi) is 9.82. The molecule has 0 aliphatic carbocycles. The molecule has 0 amide bonds. The first-order valence-corrected chi connectivity index (χ1v) is 11.9. The van der Waals surface area contributed by atoms with E-state index in [9.17, 15) is 57.2 Å². The van der Waals surface area contributed by atoms with Gasteiger partial charge in [0.25, 0.3) is 10.0 Å². The predicted molar refractivity (Wildman–Crippen MR) is 102 cm³/mol. The maximum Gasteiger partial charge on any atom is 0.512 e. The summed E-state index contributed by atoms with van der Waals surface area (Å²) in [6.07, 6.45) is -2.02. The van der Waals surface area contributed by atoms with Gasteiger partial charge in [-0.2, -0.15) is 30.7 Å². The third-order valence-corrected chi connectivity index (χ3v) is 7.08. The third-order valence-electron chi connectivity index (χ3n) is 3.75. The number of rotatable bonds is 12. The Morgan fingerprint density at radius 2 is 1.34 bits per heavy atom. The molecule has 1 N–H and O–H groups in total. The molecule has 1 rings (SSSR count). The first kappa shape index (κ1) is 30.3. The number of benzene rings is 1. The number of hydrogen-bond donors (Lipinski definition) is 1. The van der Waals surface area contributed by atoms with E-state index in [0.29, 0.717) is 17.7 Å². The molecular weight excluding hydrogens is 543 g/mol. The van der Waals surface area contributed by atoms with Gasteiger partial charge in [-0.25, -0.2) is 26.4 Å². The van der Waals surface area contributed by atoms with E-state index in [1.165, 1.54) is 0 Å². The molecule has 0 aromatic heterocycles.